The third-order valence-corrected chi connectivity index (χ3v) is 0.972. The summed E-state index contributed by atoms with van der Waals surface area (Å²) in [5.74, 6) is 0. The molecule has 0 spiro atoms. The topological polar surface area (TPSA) is 17.8 Å². The molecule has 0 fully saturated rings. The molecule has 54 valence electrons. The molecule has 0 unspecified atom stereocenters. The van der Waals surface area contributed by atoms with Crippen LogP contribution in [0, 0.1) is 0 Å². The normalized spacial score (nSPS) is 8.56. The lowest BCUT2D eigenvalue weighted by atomic mass is 10.7. The van der Waals surface area contributed by atoms with Crippen molar-refractivity contribution < 1.29 is 3.98 Å². The molecule has 0 aromatic rings. The maximum absolute atomic E-state index is 5.14. The molecular formula is C5H12ClN2O+. The maximum atomic E-state index is 5.14. The first-order valence-corrected chi connectivity index (χ1v) is 2.90. The van der Waals surface area contributed by atoms with Gasteiger partial charge in [0.1, 0.15) is 0 Å². The van der Waals surface area contributed by atoms with Gasteiger partial charge in [-0.15, -0.1) is 0 Å². The van der Waals surface area contributed by atoms with Crippen LogP contribution in [-0.2, 0) is 0 Å². The quantitative estimate of drug-likeness (QED) is 0.459. The molecule has 0 radical (unpaired) electrons. The Balaban J connectivity index is 4.01. The molecule has 0 saturated carbocycles. The van der Waals surface area contributed by atoms with Gasteiger partial charge < -0.3 is 0 Å². The van der Waals surface area contributed by atoms with Crippen LogP contribution in [0.1, 0.15) is 0 Å². The van der Waals surface area contributed by atoms with Crippen LogP contribution in [0.15, 0.2) is 0 Å². The van der Waals surface area contributed by atoms with Crippen LogP contribution in [0.25, 0.3) is 0 Å². The van der Waals surface area contributed by atoms with Crippen LogP contribution in [0.2, 0.25) is 0 Å². The van der Waals surface area contributed by atoms with E-state index in [0.717, 1.165) is 0 Å². The molecule has 0 heterocycles. The van der Waals surface area contributed by atoms with Crippen LogP contribution in [0.4, 0.5) is 3.98 Å². The fourth-order valence-corrected chi connectivity index (χ4v) is 0.814. The Hall–Kier alpha value is -0.440. The van der Waals surface area contributed by atoms with E-state index in [0.29, 0.717) is 6.03 Å². The number of halogens is 1. The van der Waals surface area contributed by atoms with E-state index in [4.69, 9.17) is 11.9 Å². The van der Waals surface area contributed by atoms with Gasteiger partial charge in [0, 0.05) is 28.2 Å². The Bertz CT molecular complexity index is 102. The summed E-state index contributed by atoms with van der Waals surface area (Å²) >= 11 is 5.14. The summed E-state index contributed by atoms with van der Waals surface area (Å²) in [7, 11) is 7.44. The largest absolute Gasteiger partial charge is 0.536 e. The third-order valence-electron chi connectivity index (χ3n) is 0.834. The second-order valence-electron chi connectivity index (χ2n) is 2.15. The van der Waals surface area contributed by atoms with Gasteiger partial charge in [0.2, 0.25) is 0 Å². The summed E-state index contributed by atoms with van der Waals surface area (Å²) in [6.07, 6.45) is 0. The van der Waals surface area contributed by atoms with E-state index in [2.05, 4.69) is 3.98 Å². The van der Waals surface area contributed by atoms with E-state index in [-0.39, 0.29) is 0 Å². The van der Waals surface area contributed by atoms with Crippen molar-refractivity contribution in [1.82, 2.24) is 9.80 Å². The van der Waals surface area contributed by atoms with Crippen LogP contribution in [0.3, 0.4) is 0 Å². The molecule has 0 N–H and O–H groups in total. The highest BCUT2D eigenvalue weighted by atomic mass is 35.5. The lowest BCUT2D eigenvalue weighted by Gasteiger charge is -2.09. The first kappa shape index (κ1) is 8.56. The monoisotopic (exact) mass is 151 g/mol. The van der Waals surface area contributed by atoms with Gasteiger partial charge in [0.25, 0.3) is 0 Å². The Kier molecular flexibility index (Phi) is 3.39. The van der Waals surface area contributed by atoms with Gasteiger partial charge in [-0.25, -0.2) is 0 Å². The van der Waals surface area contributed by atoms with E-state index in [9.17, 15) is 0 Å². The fourth-order valence-electron chi connectivity index (χ4n) is 0.538. The number of hydrogen-bond donors (Lipinski definition) is 0. The van der Waals surface area contributed by atoms with E-state index < -0.39 is 0 Å². The minimum absolute atomic E-state index is 0.622. The molecule has 0 aliphatic heterocycles. The molecule has 9 heavy (non-hydrogen) atoms. The molecule has 0 atom stereocenters. The van der Waals surface area contributed by atoms with Crippen molar-refractivity contribution >= 4 is 17.9 Å². The Morgan fingerprint density at radius 2 is 1.44 bits per heavy atom. The van der Waals surface area contributed by atoms with Crippen LogP contribution < -0.4 is 0 Å². The van der Waals surface area contributed by atoms with Crippen molar-refractivity contribution in [1.29, 1.82) is 0 Å². The molecule has 0 aliphatic rings. The highest BCUT2D eigenvalue weighted by Crippen LogP contribution is 1.96. The molecule has 0 aromatic heterocycles. The highest BCUT2D eigenvalue weighted by Gasteiger charge is 2.17. The standard InChI is InChI=1S/C5H12ClN2O/c1-7(2)5(9-6)8(3)4/h1-4H3/q+1. The van der Waals surface area contributed by atoms with Crippen LogP contribution in [0.5, 0.6) is 0 Å². The molecule has 0 aliphatic carbocycles. The number of carbonyl (C=O) groups excluding carboxylic acids is 1. The second kappa shape index (κ2) is 3.56. The number of hydrogen-bond acceptors (Lipinski definition) is 0. The van der Waals surface area contributed by atoms with Crippen molar-refractivity contribution in [2.45, 2.75) is 0 Å². The summed E-state index contributed by atoms with van der Waals surface area (Å²) in [6, 6.07) is 0.622. The maximum Gasteiger partial charge on any atom is 0.536 e. The zero-order valence-electron chi connectivity index (χ0n) is 6.18. The molecule has 0 rings (SSSR count). The predicted octanol–water partition coefficient (Wildman–Crippen LogP) is 0.919. The van der Waals surface area contributed by atoms with Crippen molar-refractivity contribution in [2.24, 2.45) is 0 Å². The number of amides is 2. The average Bonchev–Trinajstić information content (AvgIpc) is 1.64. The smallest absolute Gasteiger partial charge is 0.280 e. The Morgan fingerprint density at radius 1 is 1.11 bits per heavy atom. The van der Waals surface area contributed by atoms with Crippen molar-refractivity contribution in [2.75, 3.05) is 28.2 Å². The summed E-state index contributed by atoms with van der Waals surface area (Å²) < 4.78 is 4.51. The minimum Gasteiger partial charge on any atom is -0.280 e. The predicted molar refractivity (Wildman–Crippen MR) is 38.6 cm³/mol. The summed E-state index contributed by atoms with van der Waals surface area (Å²) in [5.41, 5.74) is 0. The molecule has 0 saturated heterocycles. The Labute approximate surface area is 60.7 Å². The minimum atomic E-state index is 0.622. The van der Waals surface area contributed by atoms with E-state index in [1.54, 1.807) is 9.80 Å². The number of nitrogens with zero attached hydrogens (tertiary/aromatic N) is 2. The van der Waals surface area contributed by atoms with Gasteiger partial charge in [-0.2, -0.15) is 0 Å². The summed E-state index contributed by atoms with van der Waals surface area (Å²) in [4.78, 5) is 3.57. The van der Waals surface area contributed by atoms with Gasteiger partial charge in [-0.05, 0) is 0 Å². The van der Waals surface area contributed by atoms with E-state index in [1.165, 1.54) is 0 Å². The molecule has 0 aromatic carbocycles. The summed E-state index contributed by atoms with van der Waals surface area (Å²) in [6.45, 7) is 0. The lowest BCUT2D eigenvalue weighted by Crippen LogP contribution is -2.33. The van der Waals surface area contributed by atoms with Crippen molar-refractivity contribution in [3.05, 3.63) is 0 Å². The van der Waals surface area contributed by atoms with Gasteiger partial charge in [-0.1, -0.05) is 3.98 Å². The molecule has 4 heteroatoms. The van der Waals surface area contributed by atoms with Gasteiger partial charge >= 0.3 is 17.9 Å². The second-order valence-corrected chi connectivity index (χ2v) is 2.30. The van der Waals surface area contributed by atoms with Gasteiger partial charge in [0.15, 0.2) is 0 Å². The SMILES string of the molecule is CN(C)C(=[O+]Cl)N(C)C. The molecule has 3 nitrogen and oxygen atoms in total. The third kappa shape index (κ3) is 2.56. The van der Waals surface area contributed by atoms with Crippen LogP contribution in [-0.4, -0.2) is 44.0 Å². The lowest BCUT2D eigenvalue weighted by molar-refractivity contribution is 0.0527. The Morgan fingerprint density at radius 3 is 1.44 bits per heavy atom. The van der Waals surface area contributed by atoms with Crippen LogP contribution >= 0.6 is 11.9 Å². The van der Waals surface area contributed by atoms with Gasteiger partial charge in [-0.3, -0.25) is 9.80 Å². The zero-order valence-corrected chi connectivity index (χ0v) is 6.94. The number of rotatable bonds is 0. The highest BCUT2D eigenvalue weighted by molar-refractivity contribution is 6.07. The van der Waals surface area contributed by atoms with Crippen molar-refractivity contribution in [3.8, 4) is 0 Å². The molecule has 2 amide bonds. The van der Waals surface area contributed by atoms with E-state index >= 15 is 0 Å². The van der Waals surface area contributed by atoms with Gasteiger partial charge in [0.05, 0.1) is 0 Å². The fraction of sp³-hybridized carbons (Fsp3) is 0.800. The first-order valence-electron chi connectivity index (χ1n) is 2.59. The summed E-state index contributed by atoms with van der Waals surface area (Å²) in [5, 5.41) is 0. The molecule has 0 bridgehead atoms. The number of urea groups is 1. The van der Waals surface area contributed by atoms with Crippen molar-refractivity contribution in [3.63, 3.8) is 0 Å². The van der Waals surface area contributed by atoms with E-state index in [1.807, 2.05) is 28.2 Å². The first-order chi connectivity index (χ1) is 4.09. The molecular weight excluding hydrogens is 140 g/mol. The zero-order chi connectivity index (χ0) is 7.44. The average molecular weight is 152 g/mol.